The lowest BCUT2D eigenvalue weighted by Gasteiger charge is -2.33. The fourth-order valence-corrected chi connectivity index (χ4v) is 6.96. The molecule has 0 atom stereocenters. The summed E-state index contributed by atoms with van der Waals surface area (Å²) < 4.78 is 2.10. The van der Waals surface area contributed by atoms with Gasteiger partial charge in [-0.05, 0) is 67.4 Å². The molecule has 4 heterocycles. The van der Waals surface area contributed by atoms with Crippen LogP contribution in [0.1, 0.15) is 35.1 Å². The molecule has 2 aliphatic heterocycles. The molecule has 8 heteroatoms. The van der Waals surface area contributed by atoms with Gasteiger partial charge in [0, 0.05) is 25.8 Å². The maximum absolute atomic E-state index is 13.9. The quantitative estimate of drug-likeness (QED) is 0.200. The van der Waals surface area contributed by atoms with Gasteiger partial charge in [0.2, 0.25) is 0 Å². The van der Waals surface area contributed by atoms with E-state index < -0.39 is 0 Å². The molecule has 0 N–H and O–H groups in total. The standard InChI is InChI=1S/C33H32N4O2S2/c1-23-9-8-17-36-29(23)34-30(35-18-14-26(15-19-35)21-25-12-6-3-7-13-25)27(31(36)38)22-28-32(39)37(33(40)41-28)20-16-24-10-4-2-5-11-24/h2-13,17,22,26H,14-16,18-21H2,1H3. The van der Waals surface area contributed by atoms with E-state index in [1.807, 2.05) is 49.4 Å². The zero-order chi connectivity index (χ0) is 28.3. The molecule has 6 rings (SSSR count). The highest BCUT2D eigenvalue weighted by Gasteiger charge is 2.33. The Bertz CT molecular complexity index is 1680. The largest absolute Gasteiger partial charge is 0.356 e. The maximum atomic E-state index is 13.9. The van der Waals surface area contributed by atoms with Crippen molar-refractivity contribution in [2.45, 2.75) is 32.6 Å². The maximum Gasteiger partial charge on any atom is 0.267 e. The van der Waals surface area contributed by atoms with Gasteiger partial charge in [-0.1, -0.05) is 90.7 Å². The van der Waals surface area contributed by atoms with E-state index in [9.17, 15) is 9.59 Å². The van der Waals surface area contributed by atoms with Crippen molar-refractivity contribution in [1.29, 1.82) is 0 Å². The van der Waals surface area contributed by atoms with Crippen LogP contribution in [0.25, 0.3) is 11.7 Å². The van der Waals surface area contributed by atoms with E-state index in [0.29, 0.717) is 45.1 Å². The number of pyridine rings is 1. The van der Waals surface area contributed by atoms with Crippen LogP contribution in [-0.2, 0) is 17.6 Å². The number of benzene rings is 2. The number of amides is 1. The van der Waals surface area contributed by atoms with Crippen LogP contribution < -0.4 is 10.5 Å². The number of aryl methyl sites for hydroxylation is 1. The lowest BCUT2D eigenvalue weighted by atomic mass is 9.90. The second kappa shape index (κ2) is 12.0. The third kappa shape index (κ3) is 5.85. The van der Waals surface area contributed by atoms with E-state index in [-0.39, 0.29) is 11.5 Å². The van der Waals surface area contributed by atoms with Crippen molar-refractivity contribution in [3.8, 4) is 0 Å². The Balaban J connectivity index is 1.29. The Hall–Kier alpha value is -3.75. The van der Waals surface area contributed by atoms with Crippen LogP contribution in [0.3, 0.4) is 0 Å². The topological polar surface area (TPSA) is 57.9 Å². The Labute approximate surface area is 249 Å². The SMILES string of the molecule is Cc1cccn2c(=O)c(C=C3SC(=S)N(CCc4ccccc4)C3=O)c(N3CCC(Cc4ccccc4)CC3)nc12. The first kappa shape index (κ1) is 27.4. The molecule has 0 unspecified atom stereocenters. The number of fused-ring (bicyclic) bond motifs is 1. The predicted molar refractivity (Wildman–Crippen MR) is 171 cm³/mol. The molecule has 41 heavy (non-hydrogen) atoms. The molecule has 0 radical (unpaired) electrons. The van der Waals surface area contributed by atoms with E-state index in [1.54, 1.807) is 21.6 Å². The molecule has 0 aliphatic carbocycles. The van der Waals surface area contributed by atoms with Gasteiger partial charge >= 0.3 is 0 Å². The number of hydrogen-bond donors (Lipinski definition) is 0. The Morgan fingerprint density at radius 2 is 1.63 bits per heavy atom. The van der Waals surface area contributed by atoms with Gasteiger partial charge in [-0.25, -0.2) is 4.98 Å². The second-order valence-corrected chi connectivity index (χ2v) is 12.4. The number of anilines is 1. The summed E-state index contributed by atoms with van der Waals surface area (Å²) in [5.41, 5.74) is 4.36. The third-order valence-electron chi connectivity index (χ3n) is 7.96. The molecule has 2 fully saturated rings. The fraction of sp³-hybridized carbons (Fsp3) is 0.273. The Kier molecular flexibility index (Phi) is 8.03. The summed E-state index contributed by atoms with van der Waals surface area (Å²) in [4.78, 5) is 36.7. The number of carbonyl (C=O) groups is 1. The zero-order valence-electron chi connectivity index (χ0n) is 23.0. The molecule has 1 amide bonds. The van der Waals surface area contributed by atoms with E-state index in [0.717, 1.165) is 43.5 Å². The van der Waals surface area contributed by atoms with Crippen LogP contribution in [0.4, 0.5) is 5.82 Å². The normalized spacial score (nSPS) is 17.2. The van der Waals surface area contributed by atoms with Crippen LogP contribution in [0.2, 0.25) is 0 Å². The van der Waals surface area contributed by atoms with E-state index in [1.165, 1.54) is 17.3 Å². The minimum Gasteiger partial charge on any atom is -0.356 e. The van der Waals surface area contributed by atoms with E-state index in [4.69, 9.17) is 17.2 Å². The van der Waals surface area contributed by atoms with Gasteiger partial charge in [0.25, 0.3) is 11.5 Å². The van der Waals surface area contributed by atoms with Gasteiger partial charge in [-0.3, -0.25) is 18.9 Å². The number of hydrogen-bond acceptors (Lipinski definition) is 6. The number of carbonyl (C=O) groups excluding carboxylic acids is 1. The summed E-state index contributed by atoms with van der Waals surface area (Å²) in [6, 6.07) is 24.5. The lowest BCUT2D eigenvalue weighted by Crippen LogP contribution is -2.37. The van der Waals surface area contributed by atoms with Crippen LogP contribution in [0, 0.1) is 12.8 Å². The number of nitrogens with zero attached hydrogens (tertiary/aromatic N) is 4. The number of piperidine rings is 1. The molecular weight excluding hydrogens is 549 g/mol. The second-order valence-electron chi connectivity index (χ2n) is 10.7. The van der Waals surface area contributed by atoms with Crippen molar-refractivity contribution < 1.29 is 4.79 Å². The van der Waals surface area contributed by atoms with E-state index in [2.05, 4.69) is 35.2 Å². The van der Waals surface area contributed by atoms with Crippen molar-refractivity contribution in [3.63, 3.8) is 0 Å². The van der Waals surface area contributed by atoms with Crippen molar-refractivity contribution in [2.75, 3.05) is 24.5 Å². The molecule has 208 valence electrons. The number of rotatable bonds is 7. The van der Waals surface area contributed by atoms with Gasteiger partial charge < -0.3 is 4.90 Å². The number of thiocarbonyl (C=S) groups is 1. The van der Waals surface area contributed by atoms with E-state index >= 15 is 0 Å². The predicted octanol–water partition coefficient (Wildman–Crippen LogP) is 5.91. The highest BCUT2D eigenvalue weighted by molar-refractivity contribution is 8.26. The summed E-state index contributed by atoms with van der Waals surface area (Å²) in [5, 5.41) is 0. The van der Waals surface area contributed by atoms with Gasteiger partial charge in [0.15, 0.2) is 0 Å². The average Bonchev–Trinajstić information content (AvgIpc) is 3.26. The molecule has 4 aromatic rings. The minimum atomic E-state index is -0.172. The van der Waals surface area contributed by atoms with Crippen molar-refractivity contribution in [3.05, 3.63) is 117 Å². The molecular formula is C33H32N4O2S2. The van der Waals surface area contributed by atoms with Crippen molar-refractivity contribution >= 4 is 51.7 Å². The molecule has 0 spiro atoms. The monoisotopic (exact) mass is 580 g/mol. The van der Waals surface area contributed by atoms with Crippen molar-refractivity contribution in [2.24, 2.45) is 5.92 Å². The Morgan fingerprint density at radius 1 is 0.951 bits per heavy atom. The average molecular weight is 581 g/mol. The zero-order valence-corrected chi connectivity index (χ0v) is 24.7. The summed E-state index contributed by atoms with van der Waals surface area (Å²) in [7, 11) is 0. The molecule has 2 aromatic heterocycles. The molecule has 0 bridgehead atoms. The highest BCUT2D eigenvalue weighted by atomic mass is 32.2. The van der Waals surface area contributed by atoms with Crippen LogP contribution in [-0.4, -0.2) is 44.1 Å². The molecule has 0 saturated carbocycles. The highest BCUT2D eigenvalue weighted by Crippen LogP contribution is 2.34. The van der Waals surface area contributed by atoms with Gasteiger partial charge in [-0.2, -0.15) is 0 Å². The smallest absolute Gasteiger partial charge is 0.267 e. The molecule has 6 nitrogen and oxygen atoms in total. The van der Waals surface area contributed by atoms with Crippen LogP contribution in [0.5, 0.6) is 0 Å². The first-order valence-electron chi connectivity index (χ1n) is 14.1. The minimum absolute atomic E-state index is 0.155. The Morgan fingerprint density at radius 3 is 2.34 bits per heavy atom. The number of aromatic nitrogens is 2. The van der Waals surface area contributed by atoms with Crippen LogP contribution in [0.15, 0.2) is 88.7 Å². The van der Waals surface area contributed by atoms with Crippen LogP contribution >= 0.6 is 24.0 Å². The fourth-order valence-electron chi connectivity index (χ4n) is 5.67. The summed E-state index contributed by atoms with van der Waals surface area (Å²) in [6.45, 7) is 4.09. The summed E-state index contributed by atoms with van der Waals surface area (Å²) >= 11 is 6.86. The molecule has 2 saturated heterocycles. The molecule has 2 aromatic carbocycles. The van der Waals surface area contributed by atoms with Crippen molar-refractivity contribution in [1.82, 2.24) is 14.3 Å². The lowest BCUT2D eigenvalue weighted by molar-refractivity contribution is -0.122. The molecule has 2 aliphatic rings. The van der Waals surface area contributed by atoms with Gasteiger partial charge in [0.1, 0.15) is 15.8 Å². The summed E-state index contributed by atoms with van der Waals surface area (Å²) in [6.07, 6.45) is 7.27. The summed E-state index contributed by atoms with van der Waals surface area (Å²) in [5.74, 6) is 1.08. The third-order valence-corrected chi connectivity index (χ3v) is 9.34. The van der Waals surface area contributed by atoms with Gasteiger partial charge in [-0.15, -0.1) is 0 Å². The van der Waals surface area contributed by atoms with Gasteiger partial charge in [0.05, 0.1) is 10.5 Å². The first-order valence-corrected chi connectivity index (χ1v) is 15.3. The number of thioether (sulfide) groups is 1. The first-order chi connectivity index (χ1) is 20.0.